The SMILES string of the molecule is CN(CC(=O)c1cc(Br)sc1Br)CC1CC2CCC1C2. The second kappa shape index (κ2) is 6.19. The fraction of sp³-hybridized carbons (Fsp3) is 0.667. The molecule has 0 aliphatic heterocycles. The van der Waals surface area contributed by atoms with E-state index >= 15 is 0 Å². The van der Waals surface area contributed by atoms with Gasteiger partial charge in [0.2, 0.25) is 0 Å². The van der Waals surface area contributed by atoms with Crippen LogP contribution in [0.15, 0.2) is 13.6 Å². The van der Waals surface area contributed by atoms with Gasteiger partial charge in [0.05, 0.1) is 14.1 Å². The van der Waals surface area contributed by atoms with Crippen molar-refractivity contribution in [2.75, 3.05) is 20.1 Å². The predicted octanol–water partition coefficient (Wildman–Crippen LogP) is 4.82. The molecule has 0 N–H and O–H groups in total. The first-order valence-corrected chi connectivity index (χ1v) is 9.59. The lowest BCUT2D eigenvalue weighted by molar-refractivity contribution is 0.0929. The van der Waals surface area contributed by atoms with Crippen LogP contribution < -0.4 is 0 Å². The molecule has 2 aliphatic rings. The van der Waals surface area contributed by atoms with Gasteiger partial charge in [0.1, 0.15) is 0 Å². The molecule has 2 fully saturated rings. The van der Waals surface area contributed by atoms with Gasteiger partial charge in [-0.1, -0.05) is 6.42 Å². The number of rotatable bonds is 5. The van der Waals surface area contributed by atoms with Gasteiger partial charge in [0.25, 0.3) is 0 Å². The molecule has 2 nitrogen and oxygen atoms in total. The summed E-state index contributed by atoms with van der Waals surface area (Å²) in [6.07, 6.45) is 5.69. The molecular weight excluding hydrogens is 402 g/mol. The molecule has 0 spiro atoms. The summed E-state index contributed by atoms with van der Waals surface area (Å²) in [6.45, 7) is 1.60. The van der Waals surface area contributed by atoms with Crippen LogP contribution in [0.1, 0.15) is 36.0 Å². The van der Waals surface area contributed by atoms with E-state index in [1.165, 1.54) is 25.7 Å². The van der Waals surface area contributed by atoms with Gasteiger partial charge in [-0.25, -0.2) is 0 Å². The number of halogens is 2. The summed E-state index contributed by atoms with van der Waals surface area (Å²) in [6, 6.07) is 1.92. The number of fused-ring (bicyclic) bond motifs is 2. The molecule has 2 bridgehead atoms. The second-order valence-corrected chi connectivity index (χ2v) is 10.0. The van der Waals surface area contributed by atoms with Gasteiger partial charge >= 0.3 is 0 Å². The zero-order chi connectivity index (χ0) is 14.3. The van der Waals surface area contributed by atoms with Crippen molar-refractivity contribution in [1.29, 1.82) is 0 Å². The third-order valence-electron chi connectivity index (χ3n) is 4.80. The summed E-state index contributed by atoms with van der Waals surface area (Å²) in [5, 5.41) is 0. The van der Waals surface area contributed by atoms with Crippen molar-refractivity contribution in [2.45, 2.75) is 25.7 Å². The lowest BCUT2D eigenvalue weighted by Crippen LogP contribution is -2.32. The topological polar surface area (TPSA) is 20.3 Å². The third-order valence-corrected chi connectivity index (χ3v) is 7.14. The minimum atomic E-state index is 0.212. The third kappa shape index (κ3) is 3.21. The van der Waals surface area contributed by atoms with Crippen LogP contribution in [0, 0.1) is 17.8 Å². The minimum Gasteiger partial charge on any atom is -0.299 e. The molecule has 0 aromatic carbocycles. The number of nitrogens with zero attached hydrogens (tertiary/aromatic N) is 1. The van der Waals surface area contributed by atoms with Crippen LogP contribution in [0.2, 0.25) is 0 Å². The molecule has 3 atom stereocenters. The maximum absolute atomic E-state index is 12.3. The van der Waals surface area contributed by atoms with Gasteiger partial charge in [-0.15, -0.1) is 11.3 Å². The lowest BCUT2D eigenvalue weighted by Gasteiger charge is -2.26. The molecular formula is C15H19Br2NOS. The Kier molecular flexibility index (Phi) is 4.70. The van der Waals surface area contributed by atoms with Gasteiger partial charge in [0, 0.05) is 12.1 Å². The predicted molar refractivity (Wildman–Crippen MR) is 90.5 cm³/mol. The molecule has 1 aromatic rings. The Morgan fingerprint density at radius 2 is 2.20 bits per heavy atom. The highest BCUT2D eigenvalue weighted by Gasteiger charge is 2.39. The van der Waals surface area contributed by atoms with Crippen LogP contribution in [0.4, 0.5) is 0 Å². The van der Waals surface area contributed by atoms with E-state index in [9.17, 15) is 4.79 Å². The van der Waals surface area contributed by atoms with Crippen LogP contribution in [-0.2, 0) is 0 Å². The fourth-order valence-electron chi connectivity index (χ4n) is 3.93. The van der Waals surface area contributed by atoms with Gasteiger partial charge in [0.15, 0.2) is 5.78 Å². The van der Waals surface area contributed by atoms with E-state index in [0.717, 1.165) is 37.4 Å². The monoisotopic (exact) mass is 419 g/mol. The first kappa shape index (κ1) is 15.2. The summed E-state index contributed by atoms with van der Waals surface area (Å²) in [5.74, 6) is 2.95. The maximum Gasteiger partial charge on any atom is 0.178 e. The van der Waals surface area contributed by atoms with Crippen molar-refractivity contribution in [3.8, 4) is 0 Å². The van der Waals surface area contributed by atoms with E-state index in [2.05, 4.69) is 43.8 Å². The number of thiophene rings is 1. The normalized spacial score (nSPS) is 28.5. The Morgan fingerprint density at radius 3 is 2.75 bits per heavy atom. The molecule has 110 valence electrons. The zero-order valence-corrected chi connectivity index (χ0v) is 15.6. The highest BCUT2D eigenvalue weighted by Crippen LogP contribution is 2.48. The molecule has 2 saturated carbocycles. The maximum atomic E-state index is 12.3. The van der Waals surface area contributed by atoms with Gasteiger partial charge < -0.3 is 0 Å². The summed E-state index contributed by atoms with van der Waals surface area (Å²) < 4.78 is 1.94. The van der Waals surface area contributed by atoms with E-state index in [1.54, 1.807) is 11.3 Å². The van der Waals surface area contributed by atoms with Crippen LogP contribution in [0.25, 0.3) is 0 Å². The molecule has 0 saturated heterocycles. The van der Waals surface area contributed by atoms with Crippen LogP contribution in [-0.4, -0.2) is 30.8 Å². The number of likely N-dealkylation sites (N-methyl/N-ethyl adjacent to an activating group) is 1. The largest absolute Gasteiger partial charge is 0.299 e. The highest BCUT2D eigenvalue weighted by atomic mass is 79.9. The zero-order valence-electron chi connectivity index (χ0n) is 11.6. The molecule has 1 heterocycles. The van der Waals surface area contributed by atoms with E-state index in [4.69, 9.17) is 0 Å². The quantitative estimate of drug-likeness (QED) is 0.636. The average molecular weight is 421 g/mol. The van der Waals surface area contributed by atoms with E-state index < -0.39 is 0 Å². The molecule has 3 rings (SSSR count). The Morgan fingerprint density at radius 1 is 1.40 bits per heavy atom. The number of hydrogen-bond donors (Lipinski definition) is 0. The Bertz CT molecular complexity index is 516. The van der Waals surface area contributed by atoms with Crippen LogP contribution in [0.5, 0.6) is 0 Å². The molecule has 20 heavy (non-hydrogen) atoms. The van der Waals surface area contributed by atoms with Gasteiger partial charge in [-0.05, 0) is 82.0 Å². The number of hydrogen-bond acceptors (Lipinski definition) is 3. The van der Waals surface area contributed by atoms with Crippen LogP contribution in [0.3, 0.4) is 0 Å². The molecule has 2 aliphatic carbocycles. The van der Waals surface area contributed by atoms with E-state index in [0.29, 0.717) is 6.54 Å². The minimum absolute atomic E-state index is 0.212. The summed E-state index contributed by atoms with van der Waals surface area (Å²) in [7, 11) is 2.08. The van der Waals surface area contributed by atoms with Crippen LogP contribution >= 0.6 is 43.2 Å². The van der Waals surface area contributed by atoms with Crippen molar-refractivity contribution in [1.82, 2.24) is 4.90 Å². The molecule has 1 aromatic heterocycles. The van der Waals surface area contributed by atoms with Gasteiger partial charge in [-0.3, -0.25) is 9.69 Å². The van der Waals surface area contributed by atoms with Crippen molar-refractivity contribution in [3.05, 3.63) is 19.2 Å². The van der Waals surface area contributed by atoms with E-state index in [-0.39, 0.29) is 5.78 Å². The van der Waals surface area contributed by atoms with E-state index in [1.807, 2.05) is 6.07 Å². The number of carbonyl (C=O) groups excluding carboxylic acids is 1. The second-order valence-electron chi connectivity index (χ2n) is 6.29. The Labute approximate surface area is 141 Å². The smallest absolute Gasteiger partial charge is 0.178 e. The summed E-state index contributed by atoms with van der Waals surface area (Å²) >= 11 is 8.47. The first-order chi connectivity index (χ1) is 9.52. The first-order valence-electron chi connectivity index (χ1n) is 7.19. The van der Waals surface area contributed by atoms with Gasteiger partial charge in [-0.2, -0.15) is 0 Å². The van der Waals surface area contributed by atoms with Crippen molar-refractivity contribution in [2.24, 2.45) is 17.8 Å². The fourth-order valence-corrected chi connectivity index (χ4v) is 6.78. The van der Waals surface area contributed by atoms with Crippen molar-refractivity contribution >= 4 is 49.0 Å². The van der Waals surface area contributed by atoms with Crippen molar-refractivity contribution in [3.63, 3.8) is 0 Å². The summed E-state index contributed by atoms with van der Waals surface area (Å²) in [5.41, 5.74) is 0.807. The number of ketones is 1. The standard InChI is InChI=1S/C15H19Br2NOS/c1-18(7-11-5-9-2-3-10(11)4-9)8-13(19)12-6-14(16)20-15(12)17/h6,9-11H,2-5,7-8H2,1H3. The molecule has 5 heteroatoms. The Balaban J connectivity index is 1.55. The lowest BCUT2D eigenvalue weighted by atomic mass is 9.88. The highest BCUT2D eigenvalue weighted by molar-refractivity contribution is 9.12. The summed E-state index contributed by atoms with van der Waals surface area (Å²) in [4.78, 5) is 14.6. The number of carbonyl (C=O) groups is 1. The molecule has 0 amide bonds. The molecule has 3 unspecified atom stereocenters. The average Bonchev–Trinajstić information content (AvgIpc) is 3.04. The number of Topliss-reactive ketones (excluding diaryl/α,β-unsaturated/α-hetero) is 1. The van der Waals surface area contributed by atoms with Crippen molar-refractivity contribution < 1.29 is 4.79 Å². The Hall–Kier alpha value is 0.290. The molecule has 0 radical (unpaired) electrons.